The molecule has 6 nitrogen and oxygen atoms in total. The van der Waals surface area contributed by atoms with E-state index in [1.165, 1.54) is 0 Å². The van der Waals surface area contributed by atoms with Crippen LogP contribution in [0.15, 0.2) is 48.8 Å². The molecule has 0 aliphatic heterocycles. The fourth-order valence-corrected chi connectivity index (χ4v) is 4.10. The smallest absolute Gasteiger partial charge is 0.255 e. The fourth-order valence-electron chi connectivity index (χ4n) is 4.10. The number of carbonyl (C=O) groups excluding carboxylic acids is 2. The lowest BCUT2D eigenvalue weighted by Crippen LogP contribution is -2.52. The van der Waals surface area contributed by atoms with Gasteiger partial charge < -0.3 is 16.0 Å². The minimum absolute atomic E-state index is 0.0426. The van der Waals surface area contributed by atoms with Crippen molar-refractivity contribution in [2.45, 2.75) is 57.2 Å². The van der Waals surface area contributed by atoms with E-state index in [1.54, 1.807) is 24.5 Å². The number of nitrogens with one attached hydrogen (secondary N) is 1. The lowest BCUT2D eigenvalue weighted by molar-refractivity contribution is -0.136. The summed E-state index contributed by atoms with van der Waals surface area (Å²) < 4.78 is 0. The average Bonchev–Trinajstić information content (AvgIpc) is 3.58. The first kappa shape index (κ1) is 19.6. The summed E-state index contributed by atoms with van der Waals surface area (Å²) in [6, 6.07) is 11.2. The Balaban J connectivity index is 1.49. The van der Waals surface area contributed by atoms with Gasteiger partial charge in [0.25, 0.3) is 5.91 Å². The number of amides is 2. The molecule has 2 amide bonds. The summed E-state index contributed by atoms with van der Waals surface area (Å²) in [5.41, 5.74) is 8.68. The number of hydrogen-bond acceptors (Lipinski definition) is 4. The van der Waals surface area contributed by atoms with Crippen LogP contribution in [0.4, 0.5) is 5.69 Å². The van der Waals surface area contributed by atoms with E-state index in [0.29, 0.717) is 12.1 Å². The molecule has 3 N–H and O–H groups in total. The molecule has 2 unspecified atom stereocenters. The first-order valence-electron chi connectivity index (χ1n) is 10.5. The van der Waals surface area contributed by atoms with Crippen molar-refractivity contribution in [3.8, 4) is 0 Å². The second-order valence-corrected chi connectivity index (χ2v) is 8.15. The van der Waals surface area contributed by atoms with Crippen molar-refractivity contribution < 1.29 is 9.59 Å². The molecule has 2 fully saturated rings. The van der Waals surface area contributed by atoms with Crippen molar-refractivity contribution in [2.75, 3.05) is 5.32 Å². The highest BCUT2D eigenvalue weighted by Gasteiger charge is 2.38. The third-order valence-electron chi connectivity index (χ3n) is 5.87. The van der Waals surface area contributed by atoms with Crippen LogP contribution >= 0.6 is 0 Å². The van der Waals surface area contributed by atoms with Crippen molar-refractivity contribution in [2.24, 2.45) is 11.7 Å². The van der Waals surface area contributed by atoms with Gasteiger partial charge in [-0.25, -0.2) is 0 Å². The number of nitrogens with zero attached hydrogens (tertiary/aromatic N) is 2. The Kier molecular flexibility index (Phi) is 5.90. The third-order valence-corrected chi connectivity index (χ3v) is 5.87. The van der Waals surface area contributed by atoms with Gasteiger partial charge >= 0.3 is 0 Å². The SMILES string of the molecule is NC1CCCCC1N(Cc1cccc(NC(=O)c2ccncc2)c1)C(=O)C1CC1. The molecular formula is C23H28N4O2. The molecule has 1 aromatic heterocycles. The highest BCUT2D eigenvalue weighted by Crippen LogP contribution is 2.34. The summed E-state index contributed by atoms with van der Waals surface area (Å²) in [5, 5.41) is 2.93. The predicted molar refractivity (Wildman–Crippen MR) is 112 cm³/mol. The summed E-state index contributed by atoms with van der Waals surface area (Å²) in [7, 11) is 0. The number of rotatable bonds is 6. The van der Waals surface area contributed by atoms with Crippen LogP contribution in [-0.4, -0.2) is 33.8 Å². The molecule has 2 aliphatic carbocycles. The van der Waals surface area contributed by atoms with E-state index in [0.717, 1.165) is 49.8 Å². The van der Waals surface area contributed by atoms with E-state index in [1.807, 2.05) is 29.2 Å². The summed E-state index contributed by atoms with van der Waals surface area (Å²) in [6.07, 6.45) is 9.37. The van der Waals surface area contributed by atoms with Crippen LogP contribution in [0.5, 0.6) is 0 Å². The van der Waals surface area contributed by atoms with Gasteiger partial charge in [-0.2, -0.15) is 0 Å². The largest absolute Gasteiger partial charge is 0.334 e. The number of aromatic nitrogens is 1. The summed E-state index contributed by atoms with van der Waals surface area (Å²) >= 11 is 0. The van der Waals surface area contributed by atoms with Crippen LogP contribution in [0, 0.1) is 5.92 Å². The Hall–Kier alpha value is -2.73. The third kappa shape index (κ3) is 4.82. The van der Waals surface area contributed by atoms with Crippen LogP contribution in [0.1, 0.15) is 54.4 Å². The Morgan fingerprint density at radius 3 is 2.55 bits per heavy atom. The van der Waals surface area contributed by atoms with Crippen molar-refractivity contribution >= 4 is 17.5 Å². The molecule has 2 atom stereocenters. The number of pyridine rings is 1. The highest BCUT2D eigenvalue weighted by molar-refractivity contribution is 6.04. The van der Waals surface area contributed by atoms with Gasteiger partial charge in [0.1, 0.15) is 0 Å². The van der Waals surface area contributed by atoms with E-state index in [4.69, 9.17) is 5.73 Å². The highest BCUT2D eigenvalue weighted by atomic mass is 16.2. The zero-order valence-electron chi connectivity index (χ0n) is 16.6. The van der Waals surface area contributed by atoms with E-state index in [-0.39, 0.29) is 29.8 Å². The molecule has 1 aromatic carbocycles. The zero-order valence-corrected chi connectivity index (χ0v) is 16.6. The predicted octanol–water partition coefficient (Wildman–Crippen LogP) is 3.34. The topological polar surface area (TPSA) is 88.3 Å². The lowest BCUT2D eigenvalue weighted by atomic mass is 9.89. The van der Waals surface area contributed by atoms with Gasteiger partial charge in [-0.1, -0.05) is 25.0 Å². The maximum atomic E-state index is 13.0. The quantitative estimate of drug-likeness (QED) is 0.789. The number of hydrogen-bond donors (Lipinski definition) is 2. The van der Waals surface area contributed by atoms with Gasteiger partial charge in [0.15, 0.2) is 0 Å². The molecule has 2 aromatic rings. The van der Waals surface area contributed by atoms with Crippen LogP contribution in [-0.2, 0) is 11.3 Å². The fraction of sp³-hybridized carbons (Fsp3) is 0.435. The molecule has 1 heterocycles. The van der Waals surface area contributed by atoms with E-state index in [9.17, 15) is 9.59 Å². The van der Waals surface area contributed by atoms with Gasteiger partial charge in [-0.3, -0.25) is 14.6 Å². The molecule has 2 aliphatic rings. The monoisotopic (exact) mass is 392 g/mol. The van der Waals surface area contributed by atoms with Crippen LogP contribution < -0.4 is 11.1 Å². The Labute approximate surface area is 171 Å². The molecular weight excluding hydrogens is 364 g/mol. The van der Waals surface area contributed by atoms with Crippen molar-refractivity contribution in [1.29, 1.82) is 0 Å². The van der Waals surface area contributed by atoms with Gasteiger partial charge in [-0.15, -0.1) is 0 Å². The normalized spacial score (nSPS) is 21.4. The van der Waals surface area contributed by atoms with Crippen LogP contribution in [0.25, 0.3) is 0 Å². The maximum Gasteiger partial charge on any atom is 0.255 e. The second kappa shape index (κ2) is 8.74. The van der Waals surface area contributed by atoms with Gasteiger partial charge in [0, 0.05) is 48.2 Å². The van der Waals surface area contributed by atoms with E-state index < -0.39 is 0 Å². The van der Waals surface area contributed by atoms with Crippen molar-refractivity contribution in [3.63, 3.8) is 0 Å². The van der Waals surface area contributed by atoms with Gasteiger partial charge in [0.05, 0.1) is 0 Å². The number of anilines is 1. The molecule has 0 radical (unpaired) electrons. The summed E-state index contributed by atoms with van der Waals surface area (Å²) in [4.78, 5) is 31.4. The molecule has 0 saturated heterocycles. The molecule has 4 rings (SSSR count). The first-order chi connectivity index (χ1) is 14.1. The Morgan fingerprint density at radius 2 is 1.83 bits per heavy atom. The maximum absolute atomic E-state index is 13.0. The summed E-state index contributed by atoms with van der Waals surface area (Å²) in [6.45, 7) is 0.534. The average molecular weight is 393 g/mol. The minimum atomic E-state index is -0.176. The molecule has 0 spiro atoms. The van der Waals surface area contributed by atoms with Crippen molar-refractivity contribution in [3.05, 3.63) is 59.9 Å². The van der Waals surface area contributed by atoms with E-state index in [2.05, 4.69) is 10.3 Å². The molecule has 0 bridgehead atoms. The van der Waals surface area contributed by atoms with Crippen LogP contribution in [0.3, 0.4) is 0 Å². The second-order valence-electron chi connectivity index (χ2n) is 8.15. The molecule has 6 heteroatoms. The Morgan fingerprint density at radius 1 is 1.07 bits per heavy atom. The molecule has 2 saturated carbocycles. The van der Waals surface area contributed by atoms with E-state index >= 15 is 0 Å². The Bertz CT molecular complexity index is 866. The number of nitrogens with two attached hydrogens (primary N) is 1. The van der Waals surface area contributed by atoms with Crippen LogP contribution in [0.2, 0.25) is 0 Å². The number of benzene rings is 1. The zero-order chi connectivity index (χ0) is 20.2. The van der Waals surface area contributed by atoms with Crippen molar-refractivity contribution in [1.82, 2.24) is 9.88 Å². The summed E-state index contributed by atoms with van der Waals surface area (Å²) in [5.74, 6) is 0.224. The van der Waals surface area contributed by atoms with Gasteiger partial charge in [0.2, 0.25) is 5.91 Å². The molecule has 29 heavy (non-hydrogen) atoms. The minimum Gasteiger partial charge on any atom is -0.334 e. The molecule has 152 valence electrons. The van der Waals surface area contributed by atoms with Gasteiger partial charge in [-0.05, 0) is 55.5 Å². The lowest BCUT2D eigenvalue weighted by Gasteiger charge is -2.38. The number of carbonyl (C=O) groups is 2. The standard InChI is InChI=1S/C23H28N4O2/c24-20-6-1-2-7-21(20)27(23(29)18-8-9-18)15-16-4-3-5-19(14-16)26-22(28)17-10-12-25-13-11-17/h3-5,10-14,18,20-21H,1-2,6-9,15,24H2,(H,26,28). The first-order valence-corrected chi connectivity index (χ1v) is 10.5.